The van der Waals surface area contributed by atoms with Gasteiger partial charge in [0.15, 0.2) is 0 Å². The van der Waals surface area contributed by atoms with Gasteiger partial charge in [-0.25, -0.2) is 0 Å². The highest BCUT2D eigenvalue weighted by Gasteiger charge is 2.10. The largest absolute Gasteiger partial charge is 0.306 e. The Morgan fingerprint density at radius 2 is 2.05 bits per heavy atom. The van der Waals surface area contributed by atoms with E-state index in [9.17, 15) is 0 Å². The highest BCUT2D eigenvalue weighted by atomic mass is 15.4. The number of hydrogen-bond donors (Lipinski definition) is 1. The molecule has 1 N–H and O–H groups in total. The molecule has 0 unspecified atom stereocenters. The van der Waals surface area contributed by atoms with E-state index in [0.717, 1.165) is 31.9 Å². The van der Waals surface area contributed by atoms with E-state index in [1.165, 1.54) is 12.8 Å². The van der Waals surface area contributed by atoms with Crippen molar-refractivity contribution < 1.29 is 0 Å². The summed E-state index contributed by atoms with van der Waals surface area (Å²) in [5.74, 6) is 0. The molecular weight excluding hydrogens is 238 g/mol. The lowest BCUT2D eigenvalue weighted by Crippen LogP contribution is -2.35. The minimum absolute atomic E-state index is 0.115. The van der Waals surface area contributed by atoms with Crippen molar-refractivity contribution in [2.24, 2.45) is 0 Å². The van der Waals surface area contributed by atoms with E-state index in [1.54, 1.807) is 0 Å². The Hall–Kier alpha value is -0.940. The molecule has 0 aromatic carbocycles. The summed E-state index contributed by atoms with van der Waals surface area (Å²) < 4.78 is 1.93. The van der Waals surface area contributed by atoms with Crippen molar-refractivity contribution in [1.29, 1.82) is 0 Å². The second kappa shape index (κ2) is 7.60. The highest BCUT2D eigenvalue weighted by Crippen LogP contribution is 2.01. The minimum atomic E-state index is 0.115. The van der Waals surface area contributed by atoms with Crippen molar-refractivity contribution in [3.05, 3.63) is 11.9 Å². The fourth-order valence-electron chi connectivity index (χ4n) is 1.70. The maximum absolute atomic E-state index is 4.19. The topological polar surface area (TPSA) is 46.0 Å². The lowest BCUT2D eigenvalue weighted by atomic mass is 10.1. The first-order chi connectivity index (χ1) is 8.90. The predicted molar refractivity (Wildman–Crippen MR) is 79.0 cm³/mol. The molecule has 110 valence electrons. The average Bonchev–Trinajstić information content (AvgIpc) is 2.78. The second-order valence-corrected chi connectivity index (χ2v) is 6.23. The Morgan fingerprint density at radius 1 is 1.32 bits per heavy atom. The molecule has 0 spiro atoms. The van der Waals surface area contributed by atoms with Gasteiger partial charge in [-0.15, -0.1) is 5.10 Å². The van der Waals surface area contributed by atoms with Gasteiger partial charge in [0.2, 0.25) is 0 Å². The van der Waals surface area contributed by atoms with E-state index in [0.29, 0.717) is 0 Å². The van der Waals surface area contributed by atoms with Gasteiger partial charge >= 0.3 is 0 Å². The monoisotopic (exact) mass is 267 g/mol. The van der Waals surface area contributed by atoms with Crippen molar-refractivity contribution in [2.45, 2.75) is 59.2 Å². The summed E-state index contributed by atoms with van der Waals surface area (Å²) in [4.78, 5) is 2.35. The molecule has 5 heteroatoms. The van der Waals surface area contributed by atoms with Gasteiger partial charge in [0.05, 0.1) is 12.2 Å². The van der Waals surface area contributed by atoms with Gasteiger partial charge in [0.25, 0.3) is 0 Å². The van der Waals surface area contributed by atoms with Crippen molar-refractivity contribution in [3.63, 3.8) is 0 Å². The highest BCUT2D eigenvalue weighted by molar-refractivity contribution is 4.93. The molecule has 5 nitrogen and oxygen atoms in total. The molecule has 0 fully saturated rings. The van der Waals surface area contributed by atoms with Gasteiger partial charge in [0.1, 0.15) is 0 Å². The second-order valence-electron chi connectivity index (χ2n) is 6.23. The van der Waals surface area contributed by atoms with E-state index in [-0.39, 0.29) is 5.54 Å². The zero-order valence-electron chi connectivity index (χ0n) is 13.1. The number of likely N-dealkylation sites (N-methyl/N-ethyl adjacent to an activating group) is 1. The smallest absolute Gasteiger partial charge is 0.0965 e. The van der Waals surface area contributed by atoms with Gasteiger partial charge < -0.3 is 10.2 Å². The molecule has 0 aliphatic heterocycles. The van der Waals surface area contributed by atoms with Crippen LogP contribution in [0, 0.1) is 0 Å². The molecule has 0 radical (unpaired) electrons. The van der Waals surface area contributed by atoms with Crippen LogP contribution in [-0.4, -0.2) is 45.6 Å². The molecule has 1 aromatic heterocycles. The molecule has 0 aliphatic carbocycles. The van der Waals surface area contributed by atoms with Crippen LogP contribution >= 0.6 is 0 Å². The number of unbranched alkanes of at least 4 members (excludes halogenated alkanes) is 1. The Morgan fingerprint density at radius 3 is 2.68 bits per heavy atom. The number of hydrogen-bond acceptors (Lipinski definition) is 4. The summed E-state index contributed by atoms with van der Waals surface area (Å²) in [7, 11) is 2.16. The first kappa shape index (κ1) is 16.1. The Kier molecular flexibility index (Phi) is 6.45. The van der Waals surface area contributed by atoms with Crippen LogP contribution in [0.15, 0.2) is 6.20 Å². The first-order valence-corrected chi connectivity index (χ1v) is 7.23. The maximum atomic E-state index is 4.19. The summed E-state index contributed by atoms with van der Waals surface area (Å²) in [6.07, 6.45) is 4.54. The first-order valence-electron chi connectivity index (χ1n) is 7.23. The number of rotatable bonds is 8. The molecule has 0 saturated heterocycles. The molecule has 0 amide bonds. The van der Waals surface area contributed by atoms with Crippen LogP contribution in [0.1, 0.15) is 46.2 Å². The third-order valence-corrected chi connectivity index (χ3v) is 2.99. The van der Waals surface area contributed by atoms with Gasteiger partial charge in [0, 0.05) is 24.8 Å². The predicted octanol–water partition coefficient (Wildman–Crippen LogP) is 1.90. The maximum Gasteiger partial charge on any atom is 0.0965 e. The van der Waals surface area contributed by atoms with Crippen LogP contribution < -0.4 is 5.32 Å². The average molecular weight is 267 g/mol. The van der Waals surface area contributed by atoms with E-state index in [1.807, 2.05) is 10.9 Å². The van der Waals surface area contributed by atoms with Gasteiger partial charge in [-0.05, 0) is 40.8 Å². The summed E-state index contributed by atoms with van der Waals surface area (Å²) in [6, 6.07) is 0. The van der Waals surface area contributed by atoms with Gasteiger partial charge in [-0.1, -0.05) is 18.6 Å². The number of nitrogens with one attached hydrogen (secondary N) is 1. The van der Waals surface area contributed by atoms with Crippen LogP contribution in [0.25, 0.3) is 0 Å². The van der Waals surface area contributed by atoms with Crippen LogP contribution in [0.4, 0.5) is 0 Å². The molecule has 19 heavy (non-hydrogen) atoms. The van der Waals surface area contributed by atoms with Crippen LogP contribution in [0.2, 0.25) is 0 Å². The third kappa shape index (κ3) is 7.28. The molecule has 0 aliphatic rings. The summed E-state index contributed by atoms with van der Waals surface area (Å²) in [5.41, 5.74) is 1.12. The lowest BCUT2D eigenvalue weighted by molar-refractivity contribution is 0.306. The Bertz CT molecular complexity index is 353. The summed E-state index contributed by atoms with van der Waals surface area (Å²) in [6.45, 7) is 12.5. The van der Waals surface area contributed by atoms with Crippen molar-refractivity contribution >= 4 is 0 Å². The lowest BCUT2D eigenvalue weighted by Gasteiger charge is -2.19. The number of nitrogens with zero attached hydrogens (tertiary/aromatic N) is 4. The Labute approximate surface area is 117 Å². The van der Waals surface area contributed by atoms with Crippen LogP contribution in [0.3, 0.4) is 0 Å². The third-order valence-electron chi connectivity index (χ3n) is 2.99. The van der Waals surface area contributed by atoms with Gasteiger partial charge in [-0.2, -0.15) is 0 Å². The Balaban J connectivity index is 2.30. The molecule has 1 rings (SSSR count). The normalized spacial score (nSPS) is 12.3. The van der Waals surface area contributed by atoms with E-state index >= 15 is 0 Å². The van der Waals surface area contributed by atoms with Crippen molar-refractivity contribution in [3.8, 4) is 0 Å². The molecule has 0 atom stereocenters. The standard InChI is InChI=1S/C14H29N5/c1-6-7-8-18(5)9-10-19-12-13(16-17-19)11-15-14(2,3)4/h12,15H,6-11H2,1-5H3. The zero-order chi connectivity index (χ0) is 14.3. The van der Waals surface area contributed by atoms with Gasteiger partial charge in [-0.3, -0.25) is 4.68 Å². The van der Waals surface area contributed by atoms with E-state index in [2.05, 4.69) is 55.3 Å². The van der Waals surface area contributed by atoms with Crippen molar-refractivity contribution in [2.75, 3.05) is 20.1 Å². The fourth-order valence-corrected chi connectivity index (χ4v) is 1.70. The van der Waals surface area contributed by atoms with E-state index in [4.69, 9.17) is 0 Å². The minimum Gasteiger partial charge on any atom is -0.306 e. The molecule has 0 bridgehead atoms. The fraction of sp³-hybridized carbons (Fsp3) is 0.857. The zero-order valence-corrected chi connectivity index (χ0v) is 13.1. The quantitative estimate of drug-likeness (QED) is 0.781. The molecule has 1 aromatic rings. The van der Waals surface area contributed by atoms with Crippen LogP contribution in [-0.2, 0) is 13.1 Å². The van der Waals surface area contributed by atoms with Crippen LogP contribution in [0.5, 0.6) is 0 Å². The van der Waals surface area contributed by atoms with Crippen molar-refractivity contribution in [1.82, 2.24) is 25.2 Å². The SMILES string of the molecule is CCCCN(C)CCn1cc(CNC(C)(C)C)nn1. The molecular formula is C14H29N5. The number of aromatic nitrogens is 3. The van der Waals surface area contributed by atoms with E-state index < -0.39 is 0 Å². The molecule has 1 heterocycles. The summed E-state index contributed by atoms with van der Waals surface area (Å²) >= 11 is 0. The summed E-state index contributed by atoms with van der Waals surface area (Å²) in [5, 5.41) is 11.8. The molecule has 0 saturated carbocycles.